The summed E-state index contributed by atoms with van der Waals surface area (Å²) in [5.74, 6) is 0.835. The van der Waals surface area contributed by atoms with E-state index in [9.17, 15) is 9.59 Å². The molecule has 2 aromatic heterocycles. The van der Waals surface area contributed by atoms with Crippen LogP contribution in [-0.2, 0) is 16.1 Å². The molecule has 0 saturated carbocycles. The first-order valence-electron chi connectivity index (χ1n) is 10.4. The zero-order valence-electron chi connectivity index (χ0n) is 18.7. The molecule has 1 amide bonds. The molecule has 0 spiro atoms. The summed E-state index contributed by atoms with van der Waals surface area (Å²) in [5.41, 5.74) is 4.23. The number of nitrogens with one attached hydrogen (secondary N) is 1. The van der Waals surface area contributed by atoms with Gasteiger partial charge in [0.1, 0.15) is 5.76 Å². The van der Waals surface area contributed by atoms with Crippen LogP contribution in [0.5, 0.6) is 11.5 Å². The topological polar surface area (TPSA) is 104 Å². The summed E-state index contributed by atoms with van der Waals surface area (Å²) in [7, 11) is 2.84. The Morgan fingerprint density at radius 3 is 2.59 bits per heavy atom. The van der Waals surface area contributed by atoms with Crippen molar-refractivity contribution in [3.05, 3.63) is 83.9 Å². The summed E-state index contributed by atoms with van der Waals surface area (Å²) in [6.07, 6.45) is 3.47. The molecule has 9 nitrogen and oxygen atoms in total. The lowest BCUT2D eigenvalue weighted by Gasteiger charge is -2.09. The predicted molar refractivity (Wildman–Crippen MR) is 125 cm³/mol. The van der Waals surface area contributed by atoms with Gasteiger partial charge in [-0.05, 0) is 30.3 Å². The third-order valence-electron chi connectivity index (χ3n) is 5.01. The first-order valence-corrected chi connectivity index (χ1v) is 10.4. The number of methoxy groups -OCH3 is 2. The highest BCUT2D eigenvalue weighted by Gasteiger charge is 2.13. The zero-order valence-corrected chi connectivity index (χ0v) is 18.7. The number of hydrogen-bond donors (Lipinski definition) is 1. The van der Waals surface area contributed by atoms with Crippen molar-refractivity contribution >= 4 is 29.0 Å². The van der Waals surface area contributed by atoms with Crippen molar-refractivity contribution in [2.45, 2.75) is 6.54 Å². The van der Waals surface area contributed by atoms with Crippen molar-refractivity contribution in [2.24, 2.45) is 5.10 Å². The minimum absolute atomic E-state index is 0.147. The van der Waals surface area contributed by atoms with Gasteiger partial charge >= 0.3 is 5.97 Å². The maximum Gasteiger partial charge on any atom is 0.373 e. The van der Waals surface area contributed by atoms with Crippen molar-refractivity contribution in [1.82, 2.24) is 9.99 Å². The van der Waals surface area contributed by atoms with Crippen molar-refractivity contribution in [2.75, 3.05) is 20.8 Å². The van der Waals surface area contributed by atoms with Gasteiger partial charge in [-0.2, -0.15) is 5.10 Å². The Labute approximate surface area is 195 Å². The van der Waals surface area contributed by atoms with Crippen molar-refractivity contribution in [1.29, 1.82) is 0 Å². The first kappa shape index (κ1) is 22.7. The Bertz CT molecular complexity index is 1340. The highest BCUT2D eigenvalue weighted by Crippen LogP contribution is 2.25. The molecule has 4 rings (SSSR count). The summed E-state index contributed by atoms with van der Waals surface area (Å²) in [5, 5.41) is 5.02. The normalized spacial score (nSPS) is 11.0. The van der Waals surface area contributed by atoms with E-state index in [-0.39, 0.29) is 12.4 Å². The largest absolute Gasteiger partial charge is 0.493 e. The molecule has 2 heterocycles. The molecule has 0 aliphatic rings. The van der Waals surface area contributed by atoms with Gasteiger partial charge in [0.05, 0.1) is 27.0 Å². The Kier molecular flexibility index (Phi) is 6.92. The summed E-state index contributed by atoms with van der Waals surface area (Å²) in [6, 6.07) is 18.2. The number of amides is 1. The smallest absolute Gasteiger partial charge is 0.373 e. The average molecular weight is 461 g/mol. The summed E-state index contributed by atoms with van der Waals surface area (Å²) < 4.78 is 22.9. The minimum atomic E-state index is -0.526. The summed E-state index contributed by atoms with van der Waals surface area (Å²) in [6.45, 7) is 0.199. The van der Waals surface area contributed by atoms with E-state index in [1.165, 1.54) is 14.2 Å². The van der Waals surface area contributed by atoms with E-state index >= 15 is 0 Å². The van der Waals surface area contributed by atoms with Crippen LogP contribution in [0.2, 0.25) is 0 Å². The van der Waals surface area contributed by atoms with Crippen LogP contribution in [-0.4, -0.2) is 43.5 Å². The van der Waals surface area contributed by atoms with Gasteiger partial charge in [-0.3, -0.25) is 4.79 Å². The van der Waals surface area contributed by atoms with Crippen molar-refractivity contribution < 1.29 is 28.2 Å². The lowest BCUT2D eigenvalue weighted by atomic mass is 10.2. The fourth-order valence-electron chi connectivity index (χ4n) is 3.44. The average Bonchev–Trinajstić information content (AvgIpc) is 3.48. The monoisotopic (exact) mass is 461 g/mol. The van der Waals surface area contributed by atoms with E-state index in [0.717, 1.165) is 16.5 Å². The fourth-order valence-corrected chi connectivity index (χ4v) is 3.44. The Hall–Kier alpha value is -4.53. The Morgan fingerprint density at radius 2 is 1.79 bits per heavy atom. The molecule has 0 unspecified atom stereocenters. The number of esters is 1. The van der Waals surface area contributed by atoms with Gasteiger partial charge in [0, 0.05) is 22.7 Å². The number of hydrogen-bond acceptors (Lipinski definition) is 7. The zero-order chi connectivity index (χ0) is 23.9. The van der Waals surface area contributed by atoms with Crippen molar-refractivity contribution in [3.8, 4) is 11.5 Å². The molecule has 4 aromatic rings. The number of aromatic nitrogens is 1. The van der Waals surface area contributed by atoms with Crippen LogP contribution in [0, 0.1) is 0 Å². The Morgan fingerprint density at radius 1 is 1.03 bits per heavy atom. The molecular formula is C25H23N3O6. The molecule has 0 radical (unpaired) electrons. The lowest BCUT2D eigenvalue weighted by molar-refractivity contribution is -0.123. The van der Waals surface area contributed by atoms with Crippen LogP contribution >= 0.6 is 0 Å². The van der Waals surface area contributed by atoms with Gasteiger partial charge in [-0.15, -0.1) is 0 Å². The number of furan rings is 1. The summed E-state index contributed by atoms with van der Waals surface area (Å²) >= 11 is 0. The minimum Gasteiger partial charge on any atom is -0.493 e. The molecule has 0 atom stereocenters. The maximum absolute atomic E-state index is 12.2. The molecule has 174 valence electrons. The van der Waals surface area contributed by atoms with Crippen molar-refractivity contribution in [3.63, 3.8) is 0 Å². The molecule has 34 heavy (non-hydrogen) atoms. The van der Waals surface area contributed by atoms with Crippen LogP contribution in [0.25, 0.3) is 10.9 Å². The number of fused-ring (bicyclic) bond motifs is 1. The van der Waals surface area contributed by atoms with Crippen LogP contribution in [0.3, 0.4) is 0 Å². The highest BCUT2D eigenvalue weighted by molar-refractivity contribution is 5.99. The molecular weight excluding hydrogens is 438 g/mol. The highest BCUT2D eigenvalue weighted by atomic mass is 16.5. The van der Waals surface area contributed by atoms with Gasteiger partial charge in [0.25, 0.3) is 5.91 Å². The third kappa shape index (κ3) is 5.09. The van der Waals surface area contributed by atoms with Crippen LogP contribution < -0.4 is 14.9 Å². The van der Waals surface area contributed by atoms with E-state index < -0.39 is 11.9 Å². The lowest BCUT2D eigenvalue weighted by Crippen LogP contribution is -2.24. The van der Waals surface area contributed by atoms with E-state index in [1.807, 2.05) is 41.1 Å². The van der Waals surface area contributed by atoms with E-state index in [2.05, 4.69) is 15.3 Å². The second-order valence-corrected chi connectivity index (χ2v) is 7.22. The second-order valence-electron chi connectivity index (χ2n) is 7.22. The number of ether oxygens (including phenoxy) is 3. The number of carbonyl (C=O) groups is 2. The fraction of sp³-hybridized carbons (Fsp3) is 0.160. The molecule has 0 aliphatic heterocycles. The SMILES string of the molecule is COC(=O)c1ccc(Cn2cc(/C=N/NC(=O)COc3ccccc3OC)c3ccccc32)o1. The van der Waals surface area contributed by atoms with Gasteiger partial charge in [-0.1, -0.05) is 30.3 Å². The molecule has 0 fully saturated rings. The third-order valence-corrected chi connectivity index (χ3v) is 5.01. The predicted octanol–water partition coefficient (Wildman–Crippen LogP) is 3.61. The number of hydrazone groups is 1. The van der Waals surface area contributed by atoms with Crippen LogP contribution in [0.15, 0.2) is 76.4 Å². The Balaban J connectivity index is 1.43. The molecule has 0 aliphatic carbocycles. The maximum atomic E-state index is 12.2. The molecule has 0 bridgehead atoms. The van der Waals surface area contributed by atoms with E-state index in [4.69, 9.17) is 13.9 Å². The second kappa shape index (κ2) is 10.4. The van der Waals surface area contributed by atoms with Crippen LogP contribution in [0.4, 0.5) is 0 Å². The molecule has 9 heteroatoms. The number of para-hydroxylation sites is 3. The number of rotatable bonds is 9. The van der Waals surface area contributed by atoms with E-state index in [0.29, 0.717) is 23.8 Å². The van der Waals surface area contributed by atoms with Gasteiger partial charge in [0.2, 0.25) is 5.76 Å². The molecule has 1 N–H and O–H groups in total. The molecule has 2 aromatic carbocycles. The summed E-state index contributed by atoms with van der Waals surface area (Å²) in [4.78, 5) is 23.8. The van der Waals surface area contributed by atoms with Gasteiger partial charge in [-0.25, -0.2) is 10.2 Å². The van der Waals surface area contributed by atoms with Crippen LogP contribution in [0.1, 0.15) is 21.9 Å². The van der Waals surface area contributed by atoms with E-state index in [1.54, 1.807) is 36.5 Å². The quantitative estimate of drug-likeness (QED) is 0.232. The molecule has 0 saturated heterocycles. The number of nitrogens with zero attached hydrogens (tertiary/aromatic N) is 2. The standard InChI is InChI=1S/C25H23N3O6/c1-31-21-9-5-6-10-22(21)33-16-24(29)27-26-13-17-14-28(20-8-4-3-7-19(17)20)15-18-11-12-23(34-18)25(30)32-2/h3-14H,15-16H2,1-2H3,(H,27,29)/b26-13+. The number of benzene rings is 2. The number of carbonyl (C=O) groups excluding carboxylic acids is 2. The van der Waals surface area contributed by atoms with Gasteiger partial charge in [0.15, 0.2) is 18.1 Å². The van der Waals surface area contributed by atoms with Gasteiger partial charge < -0.3 is 23.2 Å². The first-order chi connectivity index (χ1) is 16.6.